The summed E-state index contributed by atoms with van der Waals surface area (Å²) in [7, 11) is 6.14. The lowest BCUT2D eigenvalue weighted by atomic mass is 10.0. The van der Waals surface area contributed by atoms with Gasteiger partial charge >= 0.3 is 0 Å². The third-order valence-corrected chi connectivity index (χ3v) is 4.81. The van der Waals surface area contributed by atoms with E-state index in [1.807, 2.05) is 23.9 Å². The summed E-state index contributed by atoms with van der Waals surface area (Å²) in [6.07, 6.45) is 2.60. The van der Waals surface area contributed by atoms with E-state index in [9.17, 15) is 0 Å². The molecule has 1 fully saturated rings. The normalized spacial score (nSPS) is 15.0. The molecule has 0 spiro atoms. The minimum Gasteiger partial charge on any atom is -0.363 e. The maximum atomic E-state index is 6.03. The van der Waals surface area contributed by atoms with E-state index in [2.05, 4.69) is 48.5 Å². The first-order valence-electron chi connectivity index (χ1n) is 8.16. The zero-order chi connectivity index (χ0) is 16.6. The van der Waals surface area contributed by atoms with Gasteiger partial charge in [-0.2, -0.15) is 5.10 Å². The van der Waals surface area contributed by atoms with Gasteiger partial charge in [-0.1, -0.05) is 23.7 Å². The Morgan fingerprint density at radius 3 is 2.46 bits per heavy atom. The lowest BCUT2D eigenvalue weighted by molar-refractivity contribution is 0.479. The monoisotopic (exact) mass is 368 g/mol. The average molecular weight is 369 g/mol. The summed E-state index contributed by atoms with van der Waals surface area (Å²) in [5, 5.41) is 9.13. The van der Waals surface area contributed by atoms with E-state index in [0.717, 1.165) is 23.2 Å². The largest absolute Gasteiger partial charge is 0.363 e. The van der Waals surface area contributed by atoms with Gasteiger partial charge in [-0.25, -0.2) is 0 Å². The van der Waals surface area contributed by atoms with Crippen molar-refractivity contribution >= 4 is 29.8 Å². The van der Waals surface area contributed by atoms with Crippen LogP contribution in [-0.4, -0.2) is 23.9 Å². The highest BCUT2D eigenvalue weighted by Gasteiger charge is 2.32. The Kier molecular flexibility index (Phi) is 6.18. The number of aryl methyl sites for hydroxylation is 2. The Labute approximate surface area is 155 Å². The summed E-state index contributed by atoms with van der Waals surface area (Å²) in [4.78, 5) is 2.13. The van der Waals surface area contributed by atoms with Crippen LogP contribution in [0, 0.1) is 12.8 Å². The van der Waals surface area contributed by atoms with Crippen LogP contribution < -0.4 is 10.2 Å². The van der Waals surface area contributed by atoms with Crippen LogP contribution in [0.25, 0.3) is 0 Å². The molecule has 132 valence electrons. The van der Waals surface area contributed by atoms with Gasteiger partial charge in [0.25, 0.3) is 0 Å². The van der Waals surface area contributed by atoms with Crippen LogP contribution in [0.3, 0.4) is 0 Å². The van der Waals surface area contributed by atoms with Crippen molar-refractivity contribution in [1.29, 1.82) is 0 Å². The topological polar surface area (TPSA) is 33.1 Å². The first-order chi connectivity index (χ1) is 11.0. The highest BCUT2D eigenvalue weighted by atomic mass is 35.5. The molecule has 24 heavy (non-hydrogen) atoms. The maximum Gasteiger partial charge on any atom is 0.130 e. The van der Waals surface area contributed by atoms with Gasteiger partial charge in [0.2, 0.25) is 0 Å². The maximum absolute atomic E-state index is 6.03. The van der Waals surface area contributed by atoms with E-state index in [-0.39, 0.29) is 12.4 Å². The summed E-state index contributed by atoms with van der Waals surface area (Å²) in [5.41, 5.74) is 3.69. The third kappa shape index (κ3) is 4.05. The smallest absolute Gasteiger partial charge is 0.130 e. The fourth-order valence-corrected chi connectivity index (χ4v) is 3.45. The van der Waals surface area contributed by atoms with Gasteiger partial charge < -0.3 is 10.2 Å². The van der Waals surface area contributed by atoms with Crippen molar-refractivity contribution in [2.45, 2.75) is 32.4 Å². The highest BCUT2D eigenvalue weighted by Crippen LogP contribution is 2.41. The lowest BCUT2D eigenvalue weighted by Gasteiger charge is -2.21. The van der Waals surface area contributed by atoms with Gasteiger partial charge in [0, 0.05) is 44.3 Å². The van der Waals surface area contributed by atoms with Gasteiger partial charge in [-0.05, 0) is 43.4 Å². The molecule has 1 aromatic carbocycles. The van der Waals surface area contributed by atoms with E-state index in [1.165, 1.54) is 29.8 Å². The van der Waals surface area contributed by atoms with E-state index < -0.39 is 0 Å². The molecule has 6 heteroatoms. The van der Waals surface area contributed by atoms with Crippen molar-refractivity contribution in [3.05, 3.63) is 46.1 Å². The first kappa shape index (κ1) is 19.1. The van der Waals surface area contributed by atoms with Gasteiger partial charge in [0.05, 0.1) is 5.69 Å². The second-order valence-corrected chi connectivity index (χ2v) is 7.09. The molecule has 1 aliphatic carbocycles. The predicted octanol–water partition coefficient (Wildman–Crippen LogP) is 4.11. The van der Waals surface area contributed by atoms with Crippen molar-refractivity contribution in [3.63, 3.8) is 0 Å². The number of hydrogen-bond acceptors (Lipinski definition) is 3. The van der Waals surface area contributed by atoms with E-state index in [4.69, 9.17) is 11.6 Å². The molecule has 1 heterocycles. The lowest BCUT2D eigenvalue weighted by Crippen LogP contribution is -2.24. The number of halogens is 2. The molecule has 0 saturated heterocycles. The van der Waals surface area contributed by atoms with Gasteiger partial charge in [-0.15, -0.1) is 12.4 Å². The molecule has 1 atom stereocenters. The zero-order valence-corrected chi connectivity index (χ0v) is 16.3. The molecular formula is C18H26Cl2N4. The molecule has 1 saturated carbocycles. The Morgan fingerprint density at radius 2 is 1.92 bits per heavy atom. The molecule has 1 N–H and O–H groups in total. The summed E-state index contributed by atoms with van der Waals surface area (Å²) >= 11 is 6.03. The number of rotatable bonds is 6. The third-order valence-electron chi connectivity index (χ3n) is 4.56. The molecule has 1 aromatic heterocycles. The Balaban J connectivity index is 0.00000208. The minimum atomic E-state index is 0. The predicted molar refractivity (Wildman–Crippen MR) is 103 cm³/mol. The number of anilines is 1. The number of hydrogen-bond donors (Lipinski definition) is 1. The van der Waals surface area contributed by atoms with Crippen LogP contribution in [-0.2, 0) is 13.6 Å². The van der Waals surface area contributed by atoms with Crippen LogP contribution >= 0.6 is 24.0 Å². The molecule has 1 aliphatic rings. The fourth-order valence-electron chi connectivity index (χ4n) is 3.32. The molecule has 4 nitrogen and oxygen atoms in total. The molecule has 2 aromatic rings. The number of aromatic nitrogens is 2. The van der Waals surface area contributed by atoms with E-state index in [0.29, 0.717) is 6.04 Å². The van der Waals surface area contributed by atoms with Crippen molar-refractivity contribution in [2.24, 2.45) is 13.0 Å². The van der Waals surface area contributed by atoms with Crippen LogP contribution in [0.2, 0.25) is 5.02 Å². The Hall–Kier alpha value is -1.23. The van der Waals surface area contributed by atoms with Gasteiger partial charge in [-0.3, -0.25) is 4.68 Å². The SMILES string of the molecule is Cc1nn(C)c(N(C)C)c1CNC(c1ccc(Cl)cc1)C1CC1.Cl. The molecule has 0 amide bonds. The summed E-state index contributed by atoms with van der Waals surface area (Å²) in [6, 6.07) is 8.63. The number of nitrogens with zero attached hydrogens (tertiary/aromatic N) is 3. The summed E-state index contributed by atoms with van der Waals surface area (Å²) < 4.78 is 1.96. The van der Waals surface area contributed by atoms with Crippen LogP contribution in [0.4, 0.5) is 5.82 Å². The molecule has 1 unspecified atom stereocenters. The molecule has 3 rings (SSSR count). The number of nitrogens with one attached hydrogen (secondary N) is 1. The molecule has 0 radical (unpaired) electrons. The second-order valence-electron chi connectivity index (χ2n) is 6.65. The van der Waals surface area contributed by atoms with Crippen LogP contribution in [0.15, 0.2) is 24.3 Å². The van der Waals surface area contributed by atoms with Gasteiger partial charge in [0.15, 0.2) is 0 Å². The highest BCUT2D eigenvalue weighted by molar-refractivity contribution is 6.30. The Morgan fingerprint density at radius 1 is 1.29 bits per heavy atom. The van der Waals surface area contributed by atoms with Crippen molar-refractivity contribution < 1.29 is 0 Å². The van der Waals surface area contributed by atoms with E-state index >= 15 is 0 Å². The standard InChI is InChI=1S/C18H25ClN4.ClH/c1-12-16(18(22(2)3)23(4)21-12)11-20-17(13-5-6-13)14-7-9-15(19)10-8-14;/h7-10,13,17,20H,5-6,11H2,1-4H3;1H. The average Bonchev–Trinajstić information content (AvgIpc) is 3.27. The van der Waals surface area contributed by atoms with E-state index in [1.54, 1.807) is 0 Å². The first-order valence-corrected chi connectivity index (χ1v) is 8.54. The molecule has 0 aliphatic heterocycles. The van der Waals surface area contributed by atoms with Crippen molar-refractivity contribution in [2.75, 3.05) is 19.0 Å². The van der Waals surface area contributed by atoms with Crippen LogP contribution in [0.5, 0.6) is 0 Å². The minimum absolute atomic E-state index is 0. The van der Waals surface area contributed by atoms with Crippen molar-refractivity contribution in [1.82, 2.24) is 15.1 Å². The summed E-state index contributed by atoms with van der Waals surface area (Å²) in [6.45, 7) is 2.91. The molecule has 0 bridgehead atoms. The summed E-state index contributed by atoms with van der Waals surface area (Å²) in [5.74, 6) is 1.90. The second kappa shape index (κ2) is 7.77. The molecular weight excluding hydrogens is 343 g/mol. The quantitative estimate of drug-likeness (QED) is 0.832. The van der Waals surface area contributed by atoms with Crippen molar-refractivity contribution in [3.8, 4) is 0 Å². The fraction of sp³-hybridized carbons (Fsp3) is 0.500. The zero-order valence-electron chi connectivity index (χ0n) is 14.7. The van der Waals surface area contributed by atoms with Crippen LogP contribution in [0.1, 0.15) is 35.7 Å². The Bertz CT molecular complexity index is 675. The number of benzene rings is 1. The van der Waals surface area contributed by atoms with Gasteiger partial charge in [0.1, 0.15) is 5.82 Å².